The normalized spacial score (nSPS) is 11.9. The number of nitriles is 1. The smallest absolute Gasteiger partial charge is 0.132 e. The molecule has 15 heavy (non-hydrogen) atoms. The van der Waals surface area contributed by atoms with Crippen molar-refractivity contribution in [3.63, 3.8) is 0 Å². The predicted octanol–water partition coefficient (Wildman–Crippen LogP) is 1.65. The summed E-state index contributed by atoms with van der Waals surface area (Å²) >= 11 is 5.73. The van der Waals surface area contributed by atoms with Crippen LogP contribution in [0.4, 0.5) is 5.82 Å². The zero-order valence-electron chi connectivity index (χ0n) is 8.37. The number of rotatable bonds is 4. The molecular formula is C10H12ClN3O. The molecule has 1 aromatic heterocycles. The van der Waals surface area contributed by atoms with E-state index in [0.717, 1.165) is 0 Å². The van der Waals surface area contributed by atoms with Crippen molar-refractivity contribution in [2.24, 2.45) is 5.92 Å². The number of nitrogens with zero attached hydrogens (tertiary/aromatic N) is 2. The van der Waals surface area contributed by atoms with Gasteiger partial charge in [-0.3, -0.25) is 0 Å². The first kappa shape index (κ1) is 11.8. The molecular weight excluding hydrogens is 214 g/mol. The molecule has 1 rings (SSSR count). The lowest BCUT2D eigenvalue weighted by atomic mass is 10.2. The molecule has 1 unspecified atom stereocenters. The number of anilines is 1. The molecule has 0 aromatic carbocycles. The monoisotopic (exact) mass is 225 g/mol. The molecule has 2 N–H and O–H groups in total. The zero-order valence-corrected chi connectivity index (χ0v) is 9.12. The van der Waals surface area contributed by atoms with E-state index in [4.69, 9.17) is 22.0 Å². The summed E-state index contributed by atoms with van der Waals surface area (Å²) in [6, 6.07) is 5.12. The first-order chi connectivity index (χ1) is 7.15. The van der Waals surface area contributed by atoms with Crippen molar-refractivity contribution < 1.29 is 5.11 Å². The number of aliphatic hydroxyl groups excluding tert-OH is 1. The van der Waals surface area contributed by atoms with Crippen LogP contribution in [0.5, 0.6) is 0 Å². The highest BCUT2D eigenvalue weighted by molar-refractivity contribution is 6.29. The first-order valence-electron chi connectivity index (χ1n) is 4.58. The minimum absolute atomic E-state index is 0.110. The predicted molar refractivity (Wildman–Crippen MR) is 58.7 cm³/mol. The second kappa shape index (κ2) is 5.54. The zero-order chi connectivity index (χ0) is 11.3. The number of hydrogen-bond donors (Lipinski definition) is 2. The number of hydrogen-bond acceptors (Lipinski definition) is 4. The summed E-state index contributed by atoms with van der Waals surface area (Å²) in [6.07, 6.45) is 0. The first-order valence-corrected chi connectivity index (χ1v) is 4.96. The van der Waals surface area contributed by atoms with Gasteiger partial charge in [-0.2, -0.15) is 5.26 Å². The van der Waals surface area contributed by atoms with Crippen LogP contribution in [-0.2, 0) is 0 Å². The van der Waals surface area contributed by atoms with Gasteiger partial charge in [0.25, 0.3) is 0 Å². The molecule has 0 spiro atoms. The van der Waals surface area contributed by atoms with Gasteiger partial charge in [0.05, 0.1) is 11.6 Å². The molecule has 0 aliphatic carbocycles. The maximum atomic E-state index is 8.83. The van der Waals surface area contributed by atoms with Gasteiger partial charge in [0.2, 0.25) is 0 Å². The van der Waals surface area contributed by atoms with Gasteiger partial charge >= 0.3 is 0 Å². The average molecular weight is 226 g/mol. The van der Waals surface area contributed by atoms with Crippen LogP contribution >= 0.6 is 11.6 Å². The summed E-state index contributed by atoms with van der Waals surface area (Å²) in [7, 11) is 0. The van der Waals surface area contributed by atoms with Gasteiger partial charge in [-0.05, 0) is 18.1 Å². The van der Waals surface area contributed by atoms with Gasteiger partial charge in [-0.25, -0.2) is 4.98 Å². The Morgan fingerprint density at radius 2 is 2.40 bits per heavy atom. The second-order valence-corrected chi connectivity index (χ2v) is 3.73. The van der Waals surface area contributed by atoms with Gasteiger partial charge in [0, 0.05) is 13.2 Å². The molecule has 1 atom stereocenters. The van der Waals surface area contributed by atoms with Crippen LogP contribution in [0.1, 0.15) is 12.5 Å². The fourth-order valence-electron chi connectivity index (χ4n) is 0.995. The highest BCUT2D eigenvalue weighted by atomic mass is 35.5. The van der Waals surface area contributed by atoms with Gasteiger partial charge in [0.15, 0.2) is 0 Å². The Labute approximate surface area is 93.5 Å². The molecule has 80 valence electrons. The quantitative estimate of drug-likeness (QED) is 0.765. The third-order valence-corrected chi connectivity index (χ3v) is 2.06. The fourth-order valence-corrected chi connectivity index (χ4v) is 1.20. The van der Waals surface area contributed by atoms with Gasteiger partial charge in [-0.15, -0.1) is 0 Å². The molecule has 0 bridgehead atoms. The van der Waals surface area contributed by atoms with E-state index >= 15 is 0 Å². The van der Waals surface area contributed by atoms with Crippen molar-refractivity contribution in [2.75, 3.05) is 18.5 Å². The Morgan fingerprint density at radius 3 is 3.00 bits per heavy atom. The van der Waals surface area contributed by atoms with Gasteiger partial charge in [-0.1, -0.05) is 18.5 Å². The highest BCUT2D eigenvalue weighted by Gasteiger charge is 2.03. The van der Waals surface area contributed by atoms with E-state index in [1.165, 1.54) is 6.07 Å². The van der Waals surface area contributed by atoms with Crippen molar-refractivity contribution in [3.8, 4) is 6.07 Å². The van der Waals surface area contributed by atoms with E-state index in [1.807, 2.05) is 13.0 Å². The molecule has 0 radical (unpaired) electrons. The van der Waals surface area contributed by atoms with E-state index < -0.39 is 0 Å². The van der Waals surface area contributed by atoms with Crippen LogP contribution < -0.4 is 5.32 Å². The number of pyridine rings is 1. The Bertz CT molecular complexity index is 375. The van der Waals surface area contributed by atoms with Crippen LogP contribution in [0.2, 0.25) is 5.15 Å². The lowest BCUT2D eigenvalue weighted by molar-refractivity contribution is 0.244. The molecule has 0 fully saturated rings. The summed E-state index contributed by atoms with van der Waals surface area (Å²) in [5, 5.41) is 20.8. The largest absolute Gasteiger partial charge is 0.396 e. The fraction of sp³-hybridized carbons (Fsp3) is 0.400. The number of aliphatic hydroxyl groups is 1. The molecule has 0 amide bonds. The molecule has 0 aliphatic rings. The Morgan fingerprint density at radius 1 is 1.67 bits per heavy atom. The Hall–Kier alpha value is -1.31. The van der Waals surface area contributed by atoms with Crippen LogP contribution in [0.3, 0.4) is 0 Å². The topological polar surface area (TPSA) is 68.9 Å². The van der Waals surface area contributed by atoms with Crippen LogP contribution in [0.15, 0.2) is 12.1 Å². The van der Waals surface area contributed by atoms with E-state index in [9.17, 15) is 0 Å². The third-order valence-electron chi connectivity index (χ3n) is 1.87. The van der Waals surface area contributed by atoms with E-state index in [2.05, 4.69) is 10.3 Å². The van der Waals surface area contributed by atoms with Crippen LogP contribution in [0.25, 0.3) is 0 Å². The van der Waals surface area contributed by atoms with Gasteiger partial charge in [0.1, 0.15) is 11.0 Å². The molecule has 1 aromatic rings. The molecule has 1 heterocycles. The summed E-state index contributed by atoms with van der Waals surface area (Å²) < 4.78 is 0. The number of nitrogens with one attached hydrogen (secondary N) is 1. The Balaban J connectivity index is 2.69. The standard InChI is InChI=1S/C10H12ClN3O/c1-7(6-15)5-13-10-3-8(4-12)2-9(11)14-10/h2-3,7,15H,5-6H2,1H3,(H,13,14). The lowest BCUT2D eigenvalue weighted by Gasteiger charge is -2.10. The maximum absolute atomic E-state index is 8.83. The number of aromatic nitrogens is 1. The molecule has 4 nitrogen and oxygen atoms in total. The van der Waals surface area contributed by atoms with Crippen molar-refractivity contribution in [2.45, 2.75) is 6.92 Å². The molecule has 0 aliphatic heterocycles. The Kier molecular flexibility index (Phi) is 4.35. The van der Waals surface area contributed by atoms with Crippen molar-refractivity contribution in [3.05, 3.63) is 22.8 Å². The summed E-state index contributed by atoms with van der Waals surface area (Å²) in [5.41, 5.74) is 0.467. The summed E-state index contributed by atoms with van der Waals surface area (Å²) in [6.45, 7) is 2.61. The number of halogens is 1. The molecule has 0 saturated carbocycles. The van der Waals surface area contributed by atoms with E-state index in [1.54, 1.807) is 6.07 Å². The molecule has 0 saturated heterocycles. The van der Waals surface area contributed by atoms with Crippen LogP contribution in [-0.4, -0.2) is 23.2 Å². The van der Waals surface area contributed by atoms with E-state index in [0.29, 0.717) is 17.9 Å². The average Bonchev–Trinajstić information content (AvgIpc) is 2.25. The van der Waals surface area contributed by atoms with Crippen molar-refractivity contribution in [1.82, 2.24) is 4.98 Å². The van der Waals surface area contributed by atoms with Crippen LogP contribution in [0, 0.1) is 17.2 Å². The maximum Gasteiger partial charge on any atom is 0.132 e. The molecule has 5 heteroatoms. The highest BCUT2D eigenvalue weighted by Crippen LogP contribution is 2.13. The van der Waals surface area contributed by atoms with Crippen molar-refractivity contribution >= 4 is 17.4 Å². The third kappa shape index (κ3) is 3.74. The summed E-state index contributed by atoms with van der Waals surface area (Å²) in [5.74, 6) is 0.690. The van der Waals surface area contributed by atoms with Gasteiger partial charge < -0.3 is 10.4 Å². The van der Waals surface area contributed by atoms with Crippen molar-refractivity contribution in [1.29, 1.82) is 5.26 Å². The SMILES string of the molecule is CC(CO)CNc1cc(C#N)cc(Cl)n1. The lowest BCUT2D eigenvalue weighted by Crippen LogP contribution is -2.15. The summed E-state index contributed by atoms with van der Waals surface area (Å²) in [4.78, 5) is 4.01. The second-order valence-electron chi connectivity index (χ2n) is 3.34. The minimum atomic E-state index is 0.110. The minimum Gasteiger partial charge on any atom is -0.396 e. The van der Waals surface area contributed by atoms with E-state index in [-0.39, 0.29) is 17.7 Å².